The summed E-state index contributed by atoms with van der Waals surface area (Å²) in [6, 6.07) is 0.261. The van der Waals surface area contributed by atoms with Gasteiger partial charge in [0.2, 0.25) is 0 Å². The summed E-state index contributed by atoms with van der Waals surface area (Å²) < 4.78 is 43.3. The molecule has 0 aromatic rings. The fourth-order valence-electron chi connectivity index (χ4n) is 3.32. The number of halogens is 3. The van der Waals surface area contributed by atoms with Crippen molar-refractivity contribution in [3.8, 4) is 0 Å². The third-order valence-corrected chi connectivity index (χ3v) is 4.61. The molecular weight excluding hydrogens is 255 g/mol. The Labute approximate surface area is 113 Å². The highest BCUT2D eigenvalue weighted by molar-refractivity contribution is 4.83. The first-order valence-electron chi connectivity index (χ1n) is 7.42. The van der Waals surface area contributed by atoms with Gasteiger partial charge >= 0.3 is 6.18 Å². The molecule has 1 heterocycles. The van der Waals surface area contributed by atoms with Crippen molar-refractivity contribution < 1.29 is 17.9 Å². The molecule has 1 aliphatic heterocycles. The zero-order chi connectivity index (χ0) is 13.9. The maximum Gasteiger partial charge on any atom is 0.391 e. The van der Waals surface area contributed by atoms with E-state index in [0.29, 0.717) is 24.9 Å². The number of nitrogens with one attached hydrogen (secondary N) is 1. The molecule has 19 heavy (non-hydrogen) atoms. The minimum absolute atomic E-state index is 0.261. The van der Waals surface area contributed by atoms with Crippen molar-refractivity contribution in [2.24, 2.45) is 11.8 Å². The Morgan fingerprint density at radius 3 is 2.37 bits per heavy atom. The van der Waals surface area contributed by atoms with Crippen LogP contribution in [0.15, 0.2) is 0 Å². The molecule has 5 heteroatoms. The topological polar surface area (TPSA) is 21.3 Å². The van der Waals surface area contributed by atoms with E-state index in [-0.39, 0.29) is 18.9 Å². The molecule has 2 nitrogen and oxygen atoms in total. The Kier molecular flexibility index (Phi) is 5.12. The van der Waals surface area contributed by atoms with Crippen LogP contribution in [0.4, 0.5) is 13.2 Å². The lowest BCUT2D eigenvalue weighted by atomic mass is 9.85. The predicted molar refractivity (Wildman–Crippen MR) is 67.9 cm³/mol. The first kappa shape index (κ1) is 15.1. The van der Waals surface area contributed by atoms with Crippen LogP contribution in [0.3, 0.4) is 0 Å². The summed E-state index contributed by atoms with van der Waals surface area (Å²) in [5.41, 5.74) is 0. The molecule has 1 saturated heterocycles. The monoisotopic (exact) mass is 279 g/mol. The van der Waals surface area contributed by atoms with Gasteiger partial charge in [0.05, 0.1) is 12.0 Å². The van der Waals surface area contributed by atoms with Gasteiger partial charge in [0, 0.05) is 19.2 Å². The Balaban J connectivity index is 1.68. The van der Waals surface area contributed by atoms with Gasteiger partial charge in [-0.05, 0) is 44.4 Å². The molecule has 0 aromatic carbocycles. The molecule has 112 valence electrons. The van der Waals surface area contributed by atoms with E-state index in [1.807, 2.05) is 0 Å². The average Bonchev–Trinajstić information content (AvgIpc) is 2.83. The highest BCUT2D eigenvalue weighted by Crippen LogP contribution is 2.37. The quantitative estimate of drug-likeness (QED) is 0.850. The lowest BCUT2D eigenvalue weighted by Gasteiger charge is -2.31. The SMILES string of the molecule is CCC1OCCC1CNC1CCC(C(F)(F)F)CC1. The van der Waals surface area contributed by atoms with Gasteiger partial charge in [0.1, 0.15) is 0 Å². The molecule has 2 unspecified atom stereocenters. The Morgan fingerprint density at radius 2 is 1.79 bits per heavy atom. The molecule has 1 N–H and O–H groups in total. The van der Waals surface area contributed by atoms with Gasteiger partial charge in [-0.15, -0.1) is 0 Å². The summed E-state index contributed by atoms with van der Waals surface area (Å²) in [4.78, 5) is 0. The van der Waals surface area contributed by atoms with Gasteiger partial charge in [-0.1, -0.05) is 6.92 Å². The summed E-state index contributed by atoms with van der Waals surface area (Å²) in [5, 5.41) is 3.45. The van der Waals surface area contributed by atoms with Crippen LogP contribution in [0.1, 0.15) is 45.4 Å². The van der Waals surface area contributed by atoms with Crippen LogP contribution in [0.5, 0.6) is 0 Å². The average molecular weight is 279 g/mol. The zero-order valence-electron chi connectivity index (χ0n) is 11.5. The highest BCUT2D eigenvalue weighted by atomic mass is 19.4. The minimum Gasteiger partial charge on any atom is -0.378 e. The molecule has 2 fully saturated rings. The van der Waals surface area contributed by atoms with E-state index in [9.17, 15) is 13.2 Å². The highest BCUT2D eigenvalue weighted by Gasteiger charge is 2.41. The van der Waals surface area contributed by atoms with Crippen LogP contribution in [0.2, 0.25) is 0 Å². The fourth-order valence-corrected chi connectivity index (χ4v) is 3.32. The predicted octanol–water partition coefficient (Wildman–Crippen LogP) is 3.51. The molecule has 0 amide bonds. The van der Waals surface area contributed by atoms with Crippen molar-refractivity contribution in [2.45, 2.75) is 63.8 Å². The Hall–Kier alpha value is -0.290. The smallest absolute Gasteiger partial charge is 0.378 e. The number of ether oxygens (including phenoxy) is 1. The van der Waals surface area contributed by atoms with Crippen molar-refractivity contribution in [1.82, 2.24) is 5.32 Å². The molecule has 0 aromatic heterocycles. The van der Waals surface area contributed by atoms with E-state index in [4.69, 9.17) is 4.74 Å². The van der Waals surface area contributed by atoms with Crippen LogP contribution in [-0.4, -0.2) is 31.5 Å². The summed E-state index contributed by atoms with van der Waals surface area (Å²) in [6.45, 7) is 3.84. The van der Waals surface area contributed by atoms with E-state index in [1.165, 1.54) is 0 Å². The van der Waals surface area contributed by atoms with Crippen molar-refractivity contribution in [2.75, 3.05) is 13.2 Å². The van der Waals surface area contributed by atoms with Gasteiger partial charge < -0.3 is 10.1 Å². The molecule has 0 radical (unpaired) electrons. The largest absolute Gasteiger partial charge is 0.391 e. The summed E-state index contributed by atoms with van der Waals surface area (Å²) in [5.74, 6) is -0.547. The van der Waals surface area contributed by atoms with Crippen molar-refractivity contribution in [3.63, 3.8) is 0 Å². The molecule has 1 saturated carbocycles. The minimum atomic E-state index is -4.00. The zero-order valence-corrected chi connectivity index (χ0v) is 11.5. The molecule has 2 aliphatic rings. The number of rotatable bonds is 4. The van der Waals surface area contributed by atoms with E-state index in [0.717, 1.165) is 26.0 Å². The Morgan fingerprint density at radius 1 is 1.11 bits per heavy atom. The first-order chi connectivity index (χ1) is 9.00. The number of alkyl halides is 3. The summed E-state index contributed by atoms with van der Waals surface area (Å²) in [7, 11) is 0. The fraction of sp³-hybridized carbons (Fsp3) is 1.00. The molecular formula is C14H24F3NO. The standard InChI is InChI=1S/C14H24F3NO/c1-2-13-10(7-8-19-13)9-18-12-5-3-11(4-6-12)14(15,16)17/h10-13,18H,2-9H2,1H3. The van der Waals surface area contributed by atoms with E-state index in [1.54, 1.807) is 0 Å². The third kappa shape index (κ3) is 4.09. The Bertz CT molecular complexity index is 274. The molecule has 0 spiro atoms. The van der Waals surface area contributed by atoms with Crippen molar-refractivity contribution >= 4 is 0 Å². The van der Waals surface area contributed by atoms with Gasteiger partial charge in [-0.25, -0.2) is 0 Å². The van der Waals surface area contributed by atoms with E-state index < -0.39 is 12.1 Å². The normalized spacial score (nSPS) is 36.6. The van der Waals surface area contributed by atoms with Crippen molar-refractivity contribution in [3.05, 3.63) is 0 Å². The number of hydrogen-bond acceptors (Lipinski definition) is 2. The maximum atomic E-state index is 12.6. The van der Waals surface area contributed by atoms with Gasteiger partial charge in [0.15, 0.2) is 0 Å². The van der Waals surface area contributed by atoms with Crippen LogP contribution in [0, 0.1) is 11.8 Å². The van der Waals surface area contributed by atoms with E-state index in [2.05, 4.69) is 12.2 Å². The van der Waals surface area contributed by atoms with Gasteiger partial charge in [-0.2, -0.15) is 13.2 Å². The number of hydrogen-bond donors (Lipinski definition) is 1. The second-order valence-electron chi connectivity index (χ2n) is 5.86. The maximum absolute atomic E-state index is 12.6. The second-order valence-corrected chi connectivity index (χ2v) is 5.86. The van der Waals surface area contributed by atoms with E-state index >= 15 is 0 Å². The molecule has 0 bridgehead atoms. The van der Waals surface area contributed by atoms with Crippen molar-refractivity contribution in [1.29, 1.82) is 0 Å². The molecule has 2 atom stereocenters. The first-order valence-corrected chi connectivity index (χ1v) is 7.42. The summed E-state index contributed by atoms with van der Waals surface area (Å²) >= 11 is 0. The lowest BCUT2D eigenvalue weighted by molar-refractivity contribution is -0.182. The molecule has 2 rings (SSSR count). The van der Waals surface area contributed by atoms with Crippen LogP contribution in [-0.2, 0) is 4.74 Å². The second kappa shape index (κ2) is 6.44. The van der Waals surface area contributed by atoms with Crippen LogP contribution in [0.25, 0.3) is 0 Å². The summed E-state index contributed by atoms with van der Waals surface area (Å²) in [6.07, 6.45) is 0.273. The van der Waals surface area contributed by atoms with Crippen LogP contribution < -0.4 is 5.32 Å². The van der Waals surface area contributed by atoms with Crippen LogP contribution >= 0.6 is 0 Å². The van der Waals surface area contributed by atoms with Gasteiger partial charge in [0.25, 0.3) is 0 Å². The lowest BCUT2D eigenvalue weighted by Crippen LogP contribution is -2.40. The third-order valence-electron chi connectivity index (χ3n) is 4.61. The molecule has 1 aliphatic carbocycles. The van der Waals surface area contributed by atoms with Gasteiger partial charge in [-0.3, -0.25) is 0 Å².